The van der Waals surface area contributed by atoms with Gasteiger partial charge in [-0.15, -0.1) is 0 Å². The van der Waals surface area contributed by atoms with Crippen LogP contribution in [0.1, 0.15) is 45.6 Å². The lowest BCUT2D eigenvalue weighted by Crippen LogP contribution is -2.47. The lowest BCUT2D eigenvalue weighted by molar-refractivity contribution is 0.235. The third-order valence-corrected chi connectivity index (χ3v) is 4.24. The first-order chi connectivity index (χ1) is 10.1. The monoisotopic (exact) mass is 285 g/mol. The highest BCUT2D eigenvalue weighted by Gasteiger charge is 2.35. The molecular weight excluding hydrogens is 258 g/mol. The van der Waals surface area contributed by atoms with Gasteiger partial charge in [-0.3, -0.25) is 5.32 Å². The first-order valence-electron chi connectivity index (χ1n) is 8.10. The van der Waals surface area contributed by atoms with Gasteiger partial charge in [0.2, 0.25) is 0 Å². The minimum Gasteiger partial charge on any atom is -0.301 e. The van der Waals surface area contributed by atoms with E-state index < -0.39 is 5.54 Å². The molecule has 1 aromatic rings. The van der Waals surface area contributed by atoms with Crippen LogP contribution in [0.5, 0.6) is 0 Å². The van der Waals surface area contributed by atoms with E-state index in [1.807, 2.05) is 18.2 Å². The lowest BCUT2D eigenvalue weighted by atomic mass is 9.87. The normalized spacial score (nSPS) is 17.7. The molecule has 2 rings (SSSR count). The Morgan fingerprint density at radius 3 is 2.48 bits per heavy atom. The van der Waals surface area contributed by atoms with Crippen LogP contribution in [0.2, 0.25) is 0 Å². The molecule has 0 bridgehead atoms. The summed E-state index contributed by atoms with van der Waals surface area (Å²) >= 11 is 0. The van der Waals surface area contributed by atoms with Crippen molar-refractivity contribution in [3.8, 4) is 6.07 Å². The molecule has 3 nitrogen and oxygen atoms in total. The van der Waals surface area contributed by atoms with Crippen LogP contribution in [0.25, 0.3) is 0 Å². The highest BCUT2D eigenvalue weighted by molar-refractivity contribution is 5.31. The predicted molar refractivity (Wildman–Crippen MR) is 86.9 cm³/mol. The van der Waals surface area contributed by atoms with Gasteiger partial charge in [0, 0.05) is 18.6 Å². The smallest absolute Gasteiger partial charge is 0.133 e. The number of nitriles is 1. The molecule has 1 aliphatic carbocycles. The van der Waals surface area contributed by atoms with Crippen molar-refractivity contribution < 1.29 is 0 Å². The second-order valence-corrected chi connectivity index (χ2v) is 6.29. The summed E-state index contributed by atoms with van der Waals surface area (Å²) in [5.41, 5.74) is 0.491. The van der Waals surface area contributed by atoms with Crippen molar-refractivity contribution in [2.75, 3.05) is 13.1 Å². The summed E-state index contributed by atoms with van der Waals surface area (Å²) in [4.78, 5) is 2.51. The van der Waals surface area contributed by atoms with Gasteiger partial charge in [0.05, 0.1) is 6.07 Å². The van der Waals surface area contributed by atoms with Crippen molar-refractivity contribution in [1.29, 1.82) is 5.26 Å². The molecule has 114 valence electrons. The summed E-state index contributed by atoms with van der Waals surface area (Å²) in [5.74, 6) is 0. The van der Waals surface area contributed by atoms with Crippen molar-refractivity contribution in [2.45, 2.75) is 57.7 Å². The quantitative estimate of drug-likeness (QED) is 0.796. The SMILES string of the molecule is CCN(CCC(C#N)(NC(C)C)c1ccccc1)C1CC1. The Balaban J connectivity index is 2.16. The molecular formula is C18H27N3. The molecule has 0 aromatic heterocycles. The zero-order valence-electron chi connectivity index (χ0n) is 13.5. The third kappa shape index (κ3) is 4.06. The standard InChI is InChI=1S/C18H27N3/c1-4-21(17-10-11-17)13-12-18(14-19,20-15(2)3)16-8-6-5-7-9-16/h5-9,15,17,20H,4,10-13H2,1-3H3. The molecule has 1 fully saturated rings. The van der Waals surface area contributed by atoms with E-state index in [0.29, 0.717) is 0 Å². The fourth-order valence-electron chi connectivity index (χ4n) is 3.02. The minimum atomic E-state index is -0.586. The summed E-state index contributed by atoms with van der Waals surface area (Å²) in [5, 5.41) is 13.4. The van der Waals surface area contributed by atoms with E-state index in [4.69, 9.17) is 0 Å². The second-order valence-electron chi connectivity index (χ2n) is 6.29. The van der Waals surface area contributed by atoms with Crippen LogP contribution in [-0.4, -0.2) is 30.1 Å². The van der Waals surface area contributed by atoms with Gasteiger partial charge in [-0.2, -0.15) is 5.26 Å². The van der Waals surface area contributed by atoms with Gasteiger partial charge in [0.15, 0.2) is 0 Å². The number of rotatable bonds is 8. The van der Waals surface area contributed by atoms with Crippen LogP contribution in [0.4, 0.5) is 0 Å². The maximum atomic E-state index is 9.89. The first kappa shape index (κ1) is 16.0. The molecule has 0 spiro atoms. The van der Waals surface area contributed by atoms with Gasteiger partial charge in [0.25, 0.3) is 0 Å². The average molecular weight is 285 g/mol. The van der Waals surface area contributed by atoms with Crippen molar-refractivity contribution in [1.82, 2.24) is 10.2 Å². The Kier molecular flexibility index (Phi) is 5.39. The maximum Gasteiger partial charge on any atom is 0.133 e. The molecule has 1 aliphatic rings. The van der Waals surface area contributed by atoms with Crippen LogP contribution in [0.3, 0.4) is 0 Å². The number of hydrogen-bond donors (Lipinski definition) is 1. The highest BCUT2D eigenvalue weighted by atomic mass is 15.2. The minimum absolute atomic E-state index is 0.279. The van der Waals surface area contributed by atoms with Gasteiger partial charge in [-0.1, -0.05) is 37.3 Å². The maximum absolute atomic E-state index is 9.89. The topological polar surface area (TPSA) is 39.1 Å². The van der Waals surface area contributed by atoms with Crippen LogP contribution < -0.4 is 5.32 Å². The number of hydrogen-bond acceptors (Lipinski definition) is 3. The zero-order valence-corrected chi connectivity index (χ0v) is 13.5. The van der Waals surface area contributed by atoms with Crippen LogP contribution in [0.15, 0.2) is 30.3 Å². The average Bonchev–Trinajstić information content (AvgIpc) is 3.32. The summed E-state index contributed by atoms with van der Waals surface area (Å²) in [6, 6.07) is 13.8. The number of benzene rings is 1. The molecule has 21 heavy (non-hydrogen) atoms. The number of nitrogens with zero attached hydrogens (tertiary/aromatic N) is 2. The van der Waals surface area contributed by atoms with E-state index in [1.165, 1.54) is 12.8 Å². The van der Waals surface area contributed by atoms with Gasteiger partial charge < -0.3 is 4.90 Å². The Labute approximate surface area is 129 Å². The van der Waals surface area contributed by atoms with Crippen molar-refractivity contribution in [2.24, 2.45) is 0 Å². The van der Waals surface area contributed by atoms with Crippen molar-refractivity contribution in [3.05, 3.63) is 35.9 Å². The molecule has 1 N–H and O–H groups in total. The Morgan fingerprint density at radius 2 is 2.00 bits per heavy atom. The van der Waals surface area contributed by atoms with E-state index in [2.05, 4.69) is 49.2 Å². The second kappa shape index (κ2) is 7.06. The molecule has 0 radical (unpaired) electrons. The predicted octanol–water partition coefficient (Wildman–Crippen LogP) is 3.28. The highest BCUT2D eigenvalue weighted by Crippen LogP contribution is 2.30. The third-order valence-electron chi connectivity index (χ3n) is 4.24. The van der Waals surface area contributed by atoms with Gasteiger partial charge in [0.1, 0.15) is 5.54 Å². The summed E-state index contributed by atoms with van der Waals surface area (Å²) in [6.45, 7) is 8.47. The van der Waals surface area contributed by atoms with Crippen LogP contribution >= 0.6 is 0 Å². The molecule has 0 heterocycles. The largest absolute Gasteiger partial charge is 0.301 e. The zero-order chi connectivity index (χ0) is 15.3. The molecule has 0 aliphatic heterocycles. The van der Waals surface area contributed by atoms with E-state index in [0.717, 1.165) is 31.1 Å². The van der Waals surface area contributed by atoms with Crippen LogP contribution in [-0.2, 0) is 5.54 Å². The molecule has 0 saturated heterocycles. The summed E-state index contributed by atoms with van der Waals surface area (Å²) in [6.07, 6.45) is 3.46. The summed E-state index contributed by atoms with van der Waals surface area (Å²) in [7, 11) is 0. The Hall–Kier alpha value is -1.37. The Bertz CT molecular complexity index is 473. The Morgan fingerprint density at radius 1 is 1.33 bits per heavy atom. The number of nitrogens with one attached hydrogen (secondary N) is 1. The van der Waals surface area contributed by atoms with Crippen molar-refractivity contribution >= 4 is 0 Å². The van der Waals surface area contributed by atoms with E-state index in [-0.39, 0.29) is 6.04 Å². The molecule has 1 saturated carbocycles. The van der Waals surface area contributed by atoms with E-state index in [1.54, 1.807) is 0 Å². The van der Waals surface area contributed by atoms with Gasteiger partial charge in [-0.05, 0) is 45.2 Å². The molecule has 1 unspecified atom stereocenters. The molecule has 0 amide bonds. The van der Waals surface area contributed by atoms with E-state index >= 15 is 0 Å². The fourth-order valence-corrected chi connectivity index (χ4v) is 3.02. The fraction of sp³-hybridized carbons (Fsp3) is 0.611. The van der Waals surface area contributed by atoms with Gasteiger partial charge in [-0.25, -0.2) is 0 Å². The van der Waals surface area contributed by atoms with Gasteiger partial charge >= 0.3 is 0 Å². The summed E-state index contributed by atoms with van der Waals surface area (Å²) < 4.78 is 0. The lowest BCUT2D eigenvalue weighted by Gasteiger charge is -2.33. The molecule has 3 heteroatoms. The first-order valence-corrected chi connectivity index (χ1v) is 8.10. The molecule has 1 aromatic carbocycles. The van der Waals surface area contributed by atoms with Crippen molar-refractivity contribution in [3.63, 3.8) is 0 Å². The van der Waals surface area contributed by atoms with E-state index in [9.17, 15) is 5.26 Å². The van der Waals surface area contributed by atoms with Crippen LogP contribution in [0, 0.1) is 11.3 Å². The molecule has 1 atom stereocenters.